The monoisotopic (exact) mass is 410 g/mol. The summed E-state index contributed by atoms with van der Waals surface area (Å²) in [7, 11) is 0. The van der Waals surface area contributed by atoms with Crippen molar-refractivity contribution in [1.82, 2.24) is 0 Å². The van der Waals surface area contributed by atoms with E-state index in [2.05, 4.69) is 6.92 Å². The molecule has 1 atom stereocenters. The molecule has 2 aromatic carbocycles. The summed E-state index contributed by atoms with van der Waals surface area (Å²) < 4.78 is 6.03. The number of carbonyl (C=O) groups is 1. The van der Waals surface area contributed by atoms with Crippen LogP contribution in [0.3, 0.4) is 0 Å². The summed E-state index contributed by atoms with van der Waals surface area (Å²) >= 11 is 1.92. The van der Waals surface area contributed by atoms with Gasteiger partial charge in [0, 0.05) is 10.8 Å². The first kappa shape index (κ1) is 21.5. The number of aromatic hydroxyl groups is 1. The van der Waals surface area contributed by atoms with E-state index in [9.17, 15) is 9.90 Å². The molecule has 1 unspecified atom stereocenters. The Morgan fingerprint density at radius 3 is 2.34 bits per heavy atom. The van der Waals surface area contributed by atoms with Crippen molar-refractivity contribution >= 4 is 23.6 Å². The molecule has 154 valence electrons. The van der Waals surface area contributed by atoms with Crippen molar-refractivity contribution in [3.63, 3.8) is 0 Å². The summed E-state index contributed by atoms with van der Waals surface area (Å²) in [5.41, 5.74) is 3.26. The molecule has 3 nitrogen and oxygen atoms in total. The largest absolute Gasteiger partial charge is 0.507 e. The molecule has 1 N–H and O–H groups in total. The summed E-state index contributed by atoms with van der Waals surface area (Å²) in [6, 6.07) is 11.1. The lowest BCUT2D eigenvalue weighted by molar-refractivity contribution is 0.104. The van der Waals surface area contributed by atoms with Gasteiger partial charge in [-0.3, -0.25) is 4.79 Å². The van der Waals surface area contributed by atoms with Crippen LogP contribution in [0.1, 0.15) is 66.1 Å². The minimum Gasteiger partial charge on any atom is -0.507 e. The molecule has 0 aromatic heterocycles. The first-order valence-corrected chi connectivity index (χ1v) is 11.3. The van der Waals surface area contributed by atoms with E-state index in [1.165, 1.54) is 32.1 Å². The number of hydrogen-bond acceptors (Lipinski definition) is 4. The highest BCUT2D eigenvalue weighted by atomic mass is 32.2. The number of phenolic OH excluding ortho intramolecular Hbond substituents is 1. The van der Waals surface area contributed by atoms with Crippen LogP contribution in [0.25, 0.3) is 6.08 Å². The third kappa shape index (κ3) is 6.14. The SMILES string of the molecule is Cc1cc(/C=C/C(=O)c2ccc(OC(C)SC3CCCCC3)cc2)cc(C)c1O. The van der Waals surface area contributed by atoms with Gasteiger partial charge in [0.1, 0.15) is 16.9 Å². The Balaban J connectivity index is 1.57. The Labute approximate surface area is 178 Å². The van der Waals surface area contributed by atoms with Crippen molar-refractivity contribution in [1.29, 1.82) is 0 Å². The summed E-state index contributed by atoms with van der Waals surface area (Å²) in [4.78, 5) is 12.5. The van der Waals surface area contributed by atoms with Crippen LogP contribution in [0.15, 0.2) is 42.5 Å². The fraction of sp³-hybridized carbons (Fsp3) is 0.400. The Hall–Kier alpha value is -2.20. The minimum atomic E-state index is -0.0513. The topological polar surface area (TPSA) is 46.5 Å². The van der Waals surface area contributed by atoms with E-state index in [-0.39, 0.29) is 11.2 Å². The van der Waals surface area contributed by atoms with E-state index >= 15 is 0 Å². The van der Waals surface area contributed by atoms with Crippen molar-refractivity contribution in [3.05, 3.63) is 64.7 Å². The summed E-state index contributed by atoms with van der Waals surface area (Å²) in [5, 5.41) is 10.6. The predicted molar refractivity (Wildman–Crippen MR) is 122 cm³/mol. The molecule has 0 saturated heterocycles. The quantitative estimate of drug-likeness (QED) is 0.313. The molecular weight excluding hydrogens is 380 g/mol. The van der Waals surface area contributed by atoms with Crippen LogP contribution in [0.4, 0.5) is 0 Å². The predicted octanol–water partition coefficient (Wildman–Crippen LogP) is 6.70. The van der Waals surface area contributed by atoms with Gasteiger partial charge in [0.15, 0.2) is 5.78 Å². The van der Waals surface area contributed by atoms with Crippen LogP contribution < -0.4 is 4.74 Å². The van der Waals surface area contributed by atoms with E-state index in [1.54, 1.807) is 12.2 Å². The fourth-order valence-corrected chi connectivity index (χ4v) is 5.06. The average Bonchev–Trinajstić information content (AvgIpc) is 2.71. The van der Waals surface area contributed by atoms with Gasteiger partial charge in [0.05, 0.1) is 0 Å². The van der Waals surface area contributed by atoms with E-state index in [4.69, 9.17) is 4.74 Å². The van der Waals surface area contributed by atoms with Crippen molar-refractivity contribution in [2.45, 2.75) is 63.6 Å². The number of phenols is 1. The number of ether oxygens (including phenoxy) is 1. The van der Waals surface area contributed by atoms with Gasteiger partial charge in [0.25, 0.3) is 0 Å². The van der Waals surface area contributed by atoms with E-state index in [0.29, 0.717) is 16.6 Å². The number of thioether (sulfide) groups is 1. The highest BCUT2D eigenvalue weighted by Crippen LogP contribution is 2.32. The third-order valence-electron chi connectivity index (χ3n) is 5.32. The van der Waals surface area contributed by atoms with Crippen molar-refractivity contribution in [2.75, 3.05) is 0 Å². The number of aryl methyl sites for hydroxylation is 2. The number of allylic oxidation sites excluding steroid dienone is 1. The molecule has 1 fully saturated rings. The number of hydrogen-bond donors (Lipinski definition) is 1. The summed E-state index contributed by atoms with van der Waals surface area (Å²) in [6.07, 6.45) is 9.96. The lowest BCUT2D eigenvalue weighted by atomic mass is 10.0. The van der Waals surface area contributed by atoms with Gasteiger partial charge < -0.3 is 9.84 Å². The molecule has 0 radical (unpaired) electrons. The zero-order chi connectivity index (χ0) is 20.8. The van der Waals surface area contributed by atoms with Crippen LogP contribution in [-0.4, -0.2) is 21.6 Å². The van der Waals surface area contributed by atoms with Crippen LogP contribution in [-0.2, 0) is 0 Å². The molecule has 1 aliphatic rings. The number of ketones is 1. The van der Waals surface area contributed by atoms with Gasteiger partial charge in [-0.2, -0.15) is 0 Å². The van der Waals surface area contributed by atoms with Crippen LogP contribution in [0.5, 0.6) is 11.5 Å². The second-order valence-corrected chi connectivity index (χ2v) is 9.41. The third-order valence-corrected chi connectivity index (χ3v) is 6.65. The number of rotatable bonds is 7. The Bertz CT molecular complexity index is 841. The average molecular weight is 411 g/mol. The van der Waals surface area contributed by atoms with Gasteiger partial charge in [-0.15, -0.1) is 11.8 Å². The van der Waals surface area contributed by atoms with Gasteiger partial charge in [0.2, 0.25) is 0 Å². The minimum absolute atomic E-state index is 0.0513. The lowest BCUT2D eigenvalue weighted by Gasteiger charge is -2.24. The van der Waals surface area contributed by atoms with E-state index in [1.807, 2.05) is 62.0 Å². The lowest BCUT2D eigenvalue weighted by Crippen LogP contribution is -2.16. The molecule has 1 aliphatic carbocycles. The molecule has 0 amide bonds. The van der Waals surface area contributed by atoms with Gasteiger partial charge in [-0.05, 0) is 92.8 Å². The first-order chi connectivity index (χ1) is 13.9. The van der Waals surface area contributed by atoms with E-state index in [0.717, 1.165) is 22.4 Å². The molecule has 0 heterocycles. The molecule has 0 spiro atoms. The Morgan fingerprint density at radius 1 is 1.10 bits per heavy atom. The maximum Gasteiger partial charge on any atom is 0.185 e. The van der Waals surface area contributed by atoms with Crippen LogP contribution in [0, 0.1) is 13.8 Å². The van der Waals surface area contributed by atoms with Crippen LogP contribution >= 0.6 is 11.8 Å². The Morgan fingerprint density at radius 2 is 1.72 bits per heavy atom. The van der Waals surface area contributed by atoms with Crippen molar-refractivity contribution in [3.8, 4) is 11.5 Å². The van der Waals surface area contributed by atoms with Crippen LogP contribution in [0.2, 0.25) is 0 Å². The standard InChI is InChI=1S/C25H30O3S/c1-17-15-20(16-18(2)25(17)27)9-14-24(26)21-10-12-22(13-11-21)28-19(3)29-23-7-5-4-6-8-23/h9-16,19,23,27H,4-8H2,1-3H3/b14-9+. The Kier molecular flexibility index (Phi) is 7.43. The molecule has 2 aromatic rings. The van der Waals surface area contributed by atoms with Gasteiger partial charge >= 0.3 is 0 Å². The van der Waals surface area contributed by atoms with E-state index < -0.39 is 0 Å². The number of benzene rings is 2. The van der Waals surface area contributed by atoms with Crippen molar-refractivity contribution < 1.29 is 14.6 Å². The van der Waals surface area contributed by atoms with Crippen molar-refractivity contribution in [2.24, 2.45) is 0 Å². The zero-order valence-corrected chi connectivity index (χ0v) is 18.3. The molecule has 0 aliphatic heterocycles. The van der Waals surface area contributed by atoms with Gasteiger partial charge in [-0.25, -0.2) is 0 Å². The maximum atomic E-state index is 12.5. The highest BCUT2D eigenvalue weighted by Gasteiger charge is 2.18. The zero-order valence-electron chi connectivity index (χ0n) is 17.5. The summed E-state index contributed by atoms with van der Waals surface area (Å²) in [6.45, 7) is 5.81. The second-order valence-electron chi connectivity index (χ2n) is 7.81. The highest BCUT2D eigenvalue weighted by molar-refractivity contribution is 8.00. The maximum absolute atomic E-state index is 12.5. The molecule has 29 heavy (non-hydrogen) atoms. The second kappa shape index (κ2) is 10.0. The first-order valence-electron chi connectivity index (χ1n) is 10.4. The normalized spacial score (nSPS) is 16.1. The smallest absolute Gasteiger partial charge is 0.185 e. The molecular formula is C25H30O3S. The van der Waals surface area contributed by atoms with Gasteiger partial charge in [-0.1, -0.05) is 25.3 Å². The summed E-state index contributed by atoms with van der Waals surface area (Å²) in [5.74, 6) is 1.05. The fourth-order valence-electron chi connectivity index (χ4n) is 3.74. The number of carbonyl (C=O) groups excluding carboxylic acids is 1. The molecule has 1 saturated carbocycles. The molecule has 4 heteroatoms. The molecule has 0 bridgehead atoms. The molecule has 3 rings (SSSR count).